The summed E-state index contributed by atoms with van der Waals surface area (Å²) in [6.07, 6.45) is 1.46. The first-order valence-corrected chi connectivity index (χ1v) is 7.68. The monoisotopic (exact) mass is 309 g/mol. The van der Waals surface area contributed by atoms with Gasteiger partial charge in [0.2, 0.25) is 15.9 Å². The van der Waals surface area contributed by atoms with Gasteiger partial charge in [-0.2, -0.15) is 0 Å². The van der Waals surface area contributed by atoms with Gasteiger partial charge in [0, 0.05) is 6.07 Å². The van der Waals surface area contributed by atoms with Crippen LogP contribution in [0.2, 0.25) is 0 Å². The zero-order chi connectivity index (χ0) is 15.3. The lowest BCUT2D eigenvalue weighted by Crippen LogP contribution is -2.36. The van der Waals surface area contributed by atoms with E-state index >= 15 is 0 Å². The Balaban J connectivity index is 1.86. The maximum atomic E-state index is 12.0. The number of sulfonamides is 1. The smallest absolute Gasteiger partial charge is 0.241 e. The molecule has 7 nitrogen and oxygen atoms in total. The number of nitrogens with one attached hydrogen (secondary N) is 2. The van der Waals surface area contributed by atoms with Crippen molar-refractivity contribution >= 4 is 15.9 Å². The lowest BCUT2D eigenvalue weighted by atomic mass is 10.2. The molecule has 0 spiro atoms. The Kier molecular flexibility index (Phi) is 4.71. The Morgan fingerprint density at radius 3 is 2.57 bits per heavy atom. The van der Waals surface area contributed by atoms with Crippen molar-refractivity contribution in [2.75, 3.05) is 6.54 Å². The number of benzene rings is 1. The van der Waals surface area contributed by atoms with Crippen molar-refractivity contribution in [2.24, 2.45) is 0 Å². The first-order chi connectivity index (χ1) is 9.97. The van der Waals surface area contributed by atoms with Gasteiger partial charge in [-0.1, -0.05) is 22.9 Å². The van der Waals surface area contributed by atoms with Crippen LogP contribution in [0.25, 0.3) is 0 Å². The van der Waals surface area contributed by atoms with Gasteiger partial charge in [0.05, 0.1) is 24.2 Å². The minimum atomic E-state index is -3.69. The van der Waals surface area contributed by atoms with Crippen molar-refractivity contribution in [3.8, 4) is 0 Å². The summed E-state index contributed by atoms with van der Waals surface area (Å²) in [6, 6.07) is 7.97. The highest BCUT2D eigenvalue weighted by Gasteiger charge is 2.15. The molecule has 1 amide bonds. The third-order valence-corrected chi connectivity index (χ3v) is 4.12. The van der Waals surface area contributed by atoms with Gasteiger partial charge in [0.25, 0.3) is 0 Å². The summed E-state index contributed by atoms with van der Waals surface area (Å²) in [5, 5.41) is 6.01. The molecule has 0 aliphatic heterocycles. The number of carbonyl (C=O) groups excluding carboxylic acids is 1. The molecule has 0 fully saturated rings. The van der Waals surface area contributed by atoms with Gasteiger partial charge in [-0.05, 0) is 19.1 Å². The minimum Gasteiger partial charge on any atom is -0.360 e. The number of aryl methyl sites for hydroxylation is 1. The lowest BCUT2D eigenvalue weighted by Gasteiger charge is -2.07. The van der Waals surface area contributed by atoms with Gasteiger partial charge in [0.15, 0.2) is 5.76 Å². The molecule has 2 aromatic rings. The zero-order valence-corrected chi connectivity index (χ0v) is 12.2. The molecule has 112 valence electrons. The predicted molar refractivity (Wildman–Crippen MR) is 74.7 cm³/mol. The lowest BCUT2D eigenvalue weighted by molar-refractivity contribution is -0.120. The van der Waals surface area contributed by atoms with Crippen LogP contribution in [0, 0.1) is 6.92 Å². The highest BCUT2D eigenvalue weighted by molar-refractivity contribution is 7.89. The van der Waals surface area contributed by atoms with Crippen LogP contribution in [0.1, 0.15) is 11.3 Å². The molecule has 1 aromatic carbocycles. The summed E-state index contributed by atoms with van der Waals surface area (Å²) in [4.78, 5) is 11.7. The molecule has 0 atom stereocenters. The molecule has 21 heavy (non-hydrogen) atoms. The normalized spacial score (nSPS) is 11.3. The van der Waals surface area contributed by atoms with Crippen molar-refractivity contribution < 1.29 is 17.7 Å². The highest BCUT2D eigenvalue weighted by Crippen LogP contribution is 2.09. The van der Waals surface area contributed by atoms with Gasteiger partial charge in [0.1, 0.15) is 0 Å². The van der Waals surface area contributed by atoms with Gasteiger partial charge in [-0.25, -0.2) is 13.1 Å². The van der Waals surface area contributed by atoms with Crippen LogP contribution < -0.4 is 10.0 Å². The number of hydrogen-bond acceptors (Lipinski definition) is 5. The molecule has 0 saturated heterocycles. The largest absolute Gasteiger partial charge is 0.360 e. The van der Waals surface area contributed by atoms with Crippen LogP contribution in [0.3, 0.4) is 0 Å². The third-order valence-electron chi connectivity index (χ3n) is 2.71. The van der Waals surface area contributed by atoms with E-state index in [1.165, 1.54) is 18.3 Å². The molecule has 0 aliphatic rings. The number of carbonyl (C=O) groups is 1. The van der Waals surface area contributed by atoms with Crippen LogP contribution in [0.15, 0.2) is 45.9 Å². The Morgan fingerprint density at radius 1 is 1.24 bits per heavy atom. The summed E-state index contributed by atoms with van der Waals surface area (Å²) < 4.78 is 31.0. The molecule has 0 radical (unpaired) electrons. The Bertz CT molecular complexity index is 694. The van der Waals surface area contributed by atoms with Crippen molar-refractivity contribution in [1.82, 2.24) is 15.2 Å². The number of rotatable bonds is 6. The van der Waals surface area contributed by atoms with Gasteiger partial charge < -0.3 is 9.84 Å². The molecule has 0 bridgehead atoms. The van der Waals surface area contributed by atoms with Gasteiger partial charge in [-0.15, -0.1) is 0 Å². The van der Waals surface area contributed by atoms with Gasteiger partial charge >= 0.3 is 0 Å². The Morgan fingerprint density at radius 2 is 1.95 bits per heavy atom. The van der Waals surface area contributed by atoms with E-state index in [0.717, 1.165) is 5.56 Å². The quantitative estimate of drug-likeness (QED) is 0.812. The summed E-state index contributed by atoms with van der Waals surface area (Å²) in [5.41, 5.74) is 0.957. The number of nitrogens with zero attached hydrogens (tertiary/aromatic N) is 1. The fourth-order valence-electron chi connectivity index (χ4n) is 1.54. The Hall–Kier alpha value is -2.19. The SMILES string of the molecule is Cc1ccc(S(=O)(=O)NCC(=O)NCc2ccno2)cc1. The van der Waals surface area contributed by atoms with Crippen LogP contribution in [-0.2, 0) is 21.4 Å². The Labute approximate surface area is 122 Å². The highest BCUT2D eigenvalue weighted by atomic mass is 32.2. The second-order valence-electron chi connectivity index (χ2n) is 4.39. The summed E-state index contributed by atoms with van der Waals surface area (Å²) >= 11 is 0. The first-order valence-electron chi connectivity index (χ1n) is 6.20. The molecule has 1 heterocycles. The second kappa shape index (κ2) is 6.51. The molecule has 8 heteroatoms. The number of hydrogen-bond donors (Lipinski definition) is 2. The van der Waals surface area contributed by atoms with Gasteiger partial charge in [-0.3, -0.25) is 4.79 Å². The van der Waals surface area contributed by atoms with Crippen LogP contribution in [-0.4, -0.2) is 26.0 Å². The van der Waals surface area contributed by atoms with E-state index in [4.69, 9.17) is 4.52 Å². The fourth-order valence-corrected chi connectivity index (χ4v) is 2.52. The third kappa shape index (κ3) is 4.40. The van der Waals surface area contributed by atoms with E-state index in [9.17, 15) is 13.2 Å². The van der Waals surface area contributed by atoms with Crippen LogP contribution >= 0.6 is 0 Å². The average Bonchev–Trinajstić information content (AvgIpc) is 2.97. The zero-order valence-electron chi connectivity index (χ0n) is 11.4. The van der Waals surface area contributed by atoms with E-state index < -0.39 is 15.9 Å². The average molecular weight is 309 g/mol. The van der Waals surface area contributed by atoms with Crippen molar-refractivity contribution in [1.29, 1.82) is 0 Å². The summed E-state index contributed by atoms with van der Waals surface area (Å²) in [6.45, 7) is 1.68. The first kappa shape index (κ1) is 15.2. The van der Waals surface area contributed by atoms with E-state index in [1.54, 1.807) is 18.2 Å². The van der Waals surface area contributed by atoms with Crippen LogP contribution in [0.4, 0.5) is 0 Å². The number of aromatic nitrogens is 1. The maximum Gasteiger partial charge on any atom is 0.241 e. The molecule has 1 aromatic heterocycles. The number of amides is 1. The molecule has 2 N–H and O–H groups in total. The minimum absolute atomic E-state index is 0.121. The standard InChI is InChI=1S/C13H15N3O4S/c1-10-2-4-12(5-3-10)21(18,19)16-9-13(17)14-8-11-6-7-15-20-11/h2-7,16H,8-9H2,1H3,(H,14,17). The summed E-state index contributed by atoms with van der Waals surface area (Å²) in [7, 11) is -3.69. The second-order valence-corrected chi connectivity index (χ2v) is 6.16. The van der Waals surface area contributed by atoms with E-state index in [2.05, 4.69) is 15.2 Å². The summed E-state index contributed by atoms with van der Waals surface area (Å²) in [5.74, 6) is 0.0341. The van der Waals surface area contributed by atoms with Crippen LogP contribution in [0.5, 0.6) is 0 Å². The molecule has 0 unspecified atom stereocenters. The van der Waals surface area contributed by atoms with E-state index in [0.29, 0.717) is 5.76 Å². The predicted octanol–water partition coefficient (Wildman–Crippen LogP) is 0.578. The molecule has 2 rings (SSSR count). The topological polar surface area (TPSA) is 101 Å². The van der Waals surface area contributed by atoms with E-state index in [1.807, 2.05) is 6.92 Å². The maximum absolute atomic E-state index is 12.0. The fraction of sp³-hybridized carbons (Fsp3) is 0.231. The molecule has 0 saturated carbocycles. The van der Waals surface area contributed by atoms with Crippen molar-refractivity contribution in [3.63, 3.8) is 0 Å². The van der Waals surface area contributed by atoms with Crippen molar-refractivity contribution in [3.05, 3.63) is 47.9 Å². The molecule has 0 aliphatic carbocycles. The molecular formula is C13H15N3O4S. The van der Waals surface area contributed by atoms with Crippen molar-refractivity contribution in [2.45, 2.75) is 18.4 Å². The molecular weight excluding hydrogens is 294 g/mol. The van der Waals surface area contributed by atoms with E-state index in [-0.39, 0.29) is 18.0 Å².